The highest BCUT2D eigenvalue weighted by atomic mass is 16.6. The minimum Gasteiger partial charge on any atom is -0.447 e. The van der Waals surface area contributed by atoms with Crippen molar-refractivity contribution in [2.45, 2.75) is 58.5 Å². The average molecular weight is 187 g/mol. The number of ether oxygens (including phenoxy) is 1. The number of carbonyl (C=O) groups is 1. The summed E-state index contributed by atoms with van der Waals surface area (Å²) in [6.07, 6.45) is 6.40. The standard InChI is InChI=1S/C10H21NO2/c1-3-4-5-6-7-8-9(2)13-10(11)12/h9H,3-8H2,1-2H3,(H2,11,12)/t9-/m0/s1. The third kappa shape index (κ3) is 9.18. The lowest BCUT2D eigenvalue weighted by atomic mass is 10.1. The van der Waals surface area contributed by atoms with Crippen molar-refractivity contribution in [3.63, 3.8) is 0 Å². The second-order valence-electron chi connectivity index (χ2n) is 3.45. The molecule has 0 aliphatic heterocycles. The van der Waals surface area contributed by atoms with Gasteiger partial charge in [0.1, 0.15) is 6.10 Å². The van der Waals surface area contributed by atoms with E-state index in [1.54, 1.807) is 0 Å². The number of primary amides is 1. The van der Waals surface area contributed by atoms with Crippen LogP contribution in [0.1, 0.15) is 52.4 Å². The molecule has 0 saturated heterocycles. The number of carbonyl (C=O) groups excluding carboxylic acids is 1. The van der Waals surface area contributed by atoms with Gasteiger partial charge in [-0.15, -0.1) is 0 Å². The zero-order valence-corrected chi connectivity index (χ0v) is 8.71. The number of hydrogen-bond acceptors (Lipinski definition) is 2. The smallest absolute Gasteiger partial charge is 0.404 e. The Kier molecular flexibility index (Phi) is 7.45. The van der Waals surface area contributed by atoms with Gasteiger partial charge in [0.05, 0.1) is 0 Å². The second-order valence-corrected chi connectivity index (χ2v) is 3.45. The summed E-state index contributed by atoms with van der Waals surface area (Å²) in [5.74, 6) is 0. The van der Waals surface area contributed by atoms with Crippen molar-refractivity contribution >= 4 is 6.09 Å². The summed E-state index contributed by atoms with van der Waals surface area (Å²) in [7, 11) is 0. The molecule has 1 amide bonds. The Labute approximate surface area is 80.6 Å². The summed E-state index contributed by atoms with van der Waals surface area (Å²) in [5, 5.41) is 0. The molecule has 78 valence electrons. The van der Waals surface area contributed by atoms with Crippen molar-refractivity contribution < 1.29 is 9.53 Å². The number of unbranched alkanes of at least 4 members (excludes halogenated alkanes) is 4. The molecular weight excluding hydrogens is 166 g/mol. The van der Waals surface area contributed by atoms with E-state index in [1.807, 2.05) is 6.92 Å². The molecule has 0 unspecified atom stereocenters. The molecule has 3 nitrogen and oxygen atoms in total. The van der Waals surface area contributed by atoms with Crippen molar-refractivity contribution in [2.24, 2.45) is 5.73 Å². The minimum absolute atomic E-state index is 0.0286. The largest absolute Gasteiger partial charge is 0.447 e. The lowest BCUT2D eigenvalue weighted by Crippen LogP contribution is -2.20. The molecule has 2 N–H and O–H groups in total. The molecule has 0 bridgehead atoms. The first-order valence-corrected chi connectivity index (χ1v) is 5.13. The monoisotopic (exact) mass is 187 g/mol. The summed E-state index contributed by atoms with van der Waals surface area (Å²) in [4.78, 5) is 10.3. The number of rotatable bonds is 7. The van der Waals surface area contributed by atoms with Crippen LogP contribution in [-0.2, 0) is 4.74 Å². The van der Waals surface area contributed by atoms with E-state index in [9.17, 15) is 4.79 Å². The van der Waals surface area contributed by atoms with Crippen molar-refractivity contribution in [2.75, 3.05) is 0 Å². The van der Waals surface area contributed by atoms with E-state index in [-0.39, 0.29) is 6.10 Å². The molecule has 1 atom stereocenters. The van der Waals surface area contributed by atoms with Crippen LogP contribution in [0.15, 0.2) is 0 Å². The molecule has 3 heteroatoms. The maximum atomic E-state index is 10.3. The first-order valence-electron chi connectivity index (χ1n) is 5.13. The van der Waals surface area contributed by atoms with Crippen molar-refractivity contribution in [1.82, 2.24) is 0 Å². The Balaban J connectivity index is 3.17. The second kappa shape index (κ2) is 7.90. The Morgan fingerprint density at radius 3 is 2.46 bits per heavy atom. The zero-order chi connectivity index (χ0) is 10.1. The van der Waals surface area contributed by atoms with E-state index >= 15 is 0 Å². The van der Waals surface area contributed by atoms with Gasteiger partial charge in [0, 0.05) is 0 Å². The summed E-state index contributed by atoms with van der Waals surface area (Å²) < 4.78 is 4.80. The van der Waals surface area contributed by atoms with Gasteiger partial charge >= 0.3 is 6.09 Å². The molecule has 0 aromatic heterocycles. The van der Waals surface area contributed by atoms with Crippen LogP contribution in [0.25, 0.3) is 0 Å². The highest BCUT2D eigenvalue weighted by molar-refractivity contribution is 5.64. The molecule has 0 rings (SSSR count). The van der Waals surface area contributed by atoms with Gasteiger partial charge in [0.2, 0.25) is 0 Å². The van der Waals surface area contributed by atoms with Crippen LogP contribution in [0.3, 0.4) is 0 Å². The molecule has 0 aliphatic rings. The molecule has 0 aliphatic carbocycles. The molecule has 13 heavy (non-hydrogen) atoms. The number of hydrogen-bond donors (Lipinski definition) is 1. The van der Waals surface area contributed by atoms with E-state index in [0.717, 1.165) is 12.8 Å². The lowest BCUT2D eigenvalue weighted by Gasteiger charge is -2.10. The molecule has 0 radical (unpaired) electrons. The third-order valence-electron chi connectivity index (χ3n) is 2.03. The van der Waals surface area contributed by atoms with E-state index in [1.165, 1.54) is 25.7 Å². The summed E-state index contributed by atoms with van der Waals surface area (Å²) in [6, 6.07) is 0. The van der Waals surface area contributed by atoms with Crippen LogP contribution in [0.2, 0.25) is 0 Å². The third-order valence-corrected chi connectivity index (χ3v) is 2.03. The molecule has 0 heterocycles. The van der Waals surface area contributed by atoms with Crippen LogP contribution >= 0.6 is 0 Å². The van der Waals surface area contributed by atoms with E-state index in [0.29, 0.717) is 0 Å². The van der Waals surface area contributed by atoms with E-state index in [2.05, 4.69) is 6.92 Å². The predicted molar refractivity (Wildman–Crippen MR) is 53.5 cm³/mol. The molecule has 0 fully saturated rings. The molecule has 0 aromatic carbocycles. The van der Waals surface area contributed by atoms with Crippen molar-refractivity contribution in [3.05, 3.63) is 0 Å². The van der Waals surface area contributed by atoms with E-state index < -0.39 is 6.09 Å². The minimum atomic E-state index is -0.666. The summed E-state index contributed by atoms with van der Waals surface area (Å²) >= 11 is 0. The Bertz CT molecular complexity index is 137. The van der Waals surface area contributed by atoms with Crippen LogP contribution in [0.4, 0.5) is 4.79 Å². The lowest BCUT2D eigenvalue weighted by molar-refractivity contribution is 0.110. The predicted octanol–water partition coefficient (Wildman–Crippen LogP) is 2.83. The molecule has 0 aromatic rings. The van der Waals surface area contributed by atoms with Crippen molar-refractivity contribution in [3.8, 4) is 0 Å². The van der Waals surface area contributed by atoms with Gasteiger partial charge in [-0.05, 0) is 19.8 Å². The molecular formula is C10H21NO2. The average Bonchev–Trinajstić information content (AvgIpc) is 2.02. The Morgan fingerprint density at radius 1 is 1.31 bits per heavy atom. The fraction of sp³-hybridized carbons (Fsp3) is 0.900. The fourth-order valence-electron chi connectivity index (χ4n) is 1.29. The van der Waals surface area contributed by atoms with E-state index in [4.69, 9.17) is 10.5 Å². The van der Waals surface area contributed by atoms with Crippen molar-refractivity contribution in [1.29, 1.82) is 0 Å². The first kappa shape index (κ1) is 12.3. The topological polar surface area (TPSA) is 52.3 Å². The van der Waals surface area contributed by atoms with Gasteiger partial charge in [-0.25, -0.2) is 4.79 Å². The number of amides is 1. The van der Waals surface area contributed by atoms with Gasteiger partial charge in [0.15, 0.2) is 0 Å². The van der Waals surface area contributed by atoms with Crippen LogP contribution < -0.4 is 5.73 Å². The Morgan fingerprint density at radius 2 is 1.92 bits per heavy atom. The Hall–Kier alpha value is -0.730. The highest BCUT2D eigenvalue weighted by Crippen LogP contribution is 2.08. The maximum absolute atomic E-state index is 10.3. The van der Waals surface area contributed by atoms with Gasteiger partial charge < -0.3 is 10.5 Å². The van der Waals surface area contributed by atoms with Crippen LogP contribution in [-0.4, -0.2) is 12.2 Å². The first-order chi connectivity index (χ1) is 6.16. The fourth-order valence-corrected chi connectivity index (χ4v) is 1.29. The summed E-state index contributed by atoms with van der Waals surface area (Å²) in [6.45, 7) is 4.07. The normalized spacial score (nSPS) is 12.5. The van der Waals surface area contributed by atoms with Crippen LogP contribution in [0, 0.1) is 0 Å². The zero-order valence-electron chi connectivity index (χ0n) is 8.71. The van der Waals surface area contributed by atoms with Crippen LogP contribution in [0.5, 0.6) is 0 Å². The van der Waals surface area contributed by atoms with Gasteiger partial charge in [0.25, 0.3) is 0 Å². The number of nitrogens with two attached hydrogens (primary N) is 1. The van der Waals surface area contributed by atoms with Gasteiger partial charge in [-0.1, -0.05) is 32.6 Å². The summed E-state index contributed by atoms with van der Waals surface area (Å²) in [5.41, 5.74) is 4.88. The SMILES string of the molecule is CCCCCCC[C@H](C)OC(N)=O. The maximum Gasteiger partial charge on any atom is 0.404 e. The van der Waals surface area contributed by atoms with Gasteiger partial charge in [-0.2, -0.15) is 0 Å². The molecule has 0 spiro atoms. The highest BCUT2D eigenvalue weighted by Gasteiger charge is 2.04. The quantitative estimate of drug-likeness (QED) is 0.623. The van der Waals surface area contributed by atoms with Gasteiger partial charge in [-0.3, -0.25) is 0 Å². The molecule has 0 saturated carbocycles.